The molecule has 1 atom stereocenters. The molecule has 0 fully saturated rings. The fourth-order valence-electron chi connectivity index (χ4n) is 1.54. The van der Waals surface area contributed by atoms with Gasteiger partial charge in [0, 0.05) is 13.1 Å². The van der Waals surface area contributed by atoms with Gasteiger partial charge in [0.2, 0.25) is 5.91 Å². The molecule has 0 aromatic heterocycles. The van der Waals surface area contributed by atoms with Gasteiger partial charge in [-0.3, -0.25) is 4.79 Å². The number of hydrogen-bond donors (Lipinski definition) is 2. The van der Waals surface area contributed by atoms with Crippen LogP contribution in [-0.2, 0) is 11.3 Å². The molecule has 4 heteroatoms. The van der Waals surface area contributed by atoms with Gasteiger partial charge < -0.3 is 15.8 Å². The number of ether oxygens (including phenoxy) is 1. The summed E-state index contributed by atoms with van der Waals surface area (Å²) in [5, 5.41) is 2.92. The summed E-state index contributed by atoms with van der Waals surface area (Å²) >= 11 is 0. The maximum Gasteiger partial charge on any atom is 0.227 e. The van der Waals surface area contributed by atoms with Crippen molar-refractivity contribution in [1.82, 2.24) is 5.32 Å². The van der Waals surface area contributed by atoms with Crippen LogP contribution < -0.4 is 15.8 Å². The van der Waals surface area contributed by atoms with Crippen LogP contribution in [0.1, 0.15) is 25.8 Å². The van der Waals surface area contributed by atoms with E-state index in [4.69, 9.17) is 10.5 Å². The van der Waals surface area contributed by atoms with Crippen LogP contribution in [0.15, 0.2) is 24.3 Å². The molecule has 18 heavy (non-hydrogen) atoms. The van der Waals surface area contributed by atoms with Crippen LogP contribution in [0.5, 0.6) is 5.75 Å². The molecule has 3 N–H and O–H groups in total. The molecule has 0 saturated heterocycles. The van der Waals surface area contributed by atoms with Gasteiger partial charge in [-0.1, -0.05) is 19.1 Å². The van der Waals surface area contributed by atoms with E-state index >= 15 is 0 Å². The SMILES string of the molecule is CCC(C)(CN)C(=O)NCc1ccc(OC)cc1. The van der Waals surface area contributed by atoms with Crippen molar-refractivity contribution in [2.45, 2.75) is 26.8 Å². The number of methoxy groups -OCH3 is 1. The lowest BCUT2D eigenvalue weighted by molar-refractivity contribution is -0.130. The zero-order valence-electron chi connectivity index (χ0n) is 11.3. The lowest BCUT2D eigenvalue weighted by Crippen LogP contribution is -2.43. The van der Waals surface area contributed by atoms with Gasteiger partial charge in [0.15, 0.2) is 0 Å². The van der Waals surface area contributed by atoms with E-state index in [1.54, 1.807) is 7.11 Å². The van der Waals surface area contributed by atoms with Gasteiger partial charge in [-0.05, 0) is 31.0 Å². The molecule has 1 unspecified atom stereocenters. The maximum absolute atomic E-state index is 12.0. The van der Waals surface area contributed by atoms with Crippen molar-refractivity contribution in [2.24, 2.45) is 11.1 Å². The van der Waals surface area contributed by atoms with Gasteiger partial charge in [0.05, 0.1) is 12.5 Å². The largest absolute Gasteiger partial charge is 0.497 e. The highest BCUT2D eigenvalue weighted by molar-refractivity contribution is 5.82. The van der Waals surface area contributed by atoms with Gasteiger partial charge in [-0.2, -0.15) is 0 Å². The molecule has 0 aliphatic rings. The molecular weight excluding hydrogens is 228 g/mol. The summed E-state index contributed by atoms with van der Waals surface area (Å²) in [6, 6.07) is 7.63. The summed E-state index contributed by atoms with van der Waals surface area (Å²) in [5.41, 5.74) is 6.21. The smallest absolute Gasteiger partial charge is 0.227 e. The van der Waals surface area contributed by atoms with Gasteiger partial charge in [0.25, 0.3) is 0 Å². The van der Waals surface area contributed by atoms with Crippen LogP contribution in [0.25, 0.3) is 0 Å². The lowest BCUT2D eigenvalue weighted by Gasteiger charge is -2.24. The van der Waals surface area contributed by atoms with Gasteiger partial charge in [0.1, 0.15) is 5.75 Å². The lowest BCUT2D eigenvalue weighted by atomic mass is 9.86. The van der Waals surface area contributed by atoms with Crippen molar-refractivity contribution in [3.8, 4) is 5.75 Å². The van der Waals surface area contributed by atoms with E-state index in [9.17, 15) is 4.79 Å². The molecule has 1 rings (SSSR count). The Morgan fingerprint density at radius 2 is 2.00 bits per heavy atom. The highest BCUT2D eigenvalue weighted by atomic mass is 16.5. The molecular formula is C14H22N2O2. The van der Waals surface area contributed by atoms with Crippen molar-refractivity contribution < 1.29 is 9.53 Å². The molecule has 0 bridgehead atoms. The summed E-state index contributed by atoms with van der Waals surface area (Å²) in [7, 11) is 1.63. The first kappa shape index (κ1) is 14.5. The maximum atomic E-state index is 12.0. The Kier molecular flexibility index (Phi) is 5.16. The minimum absolute atomic E-state index is 0.00307. The number of nitrogens with two attached hydrogens (primary N) is 1. The van der Waals surface area contributed by atoms with Crippen molar-refractivity contribution >= 4 is 5.91 Å². The molecule has 0 heterocycles. The molecule has 0 aliphatic heterocycles. The van der Waals surface area contributed by atoms with Crippen LogP contribution in [0, 0.1) is 5.41 Å². The number of carbonyl (C=O) groups is 1. The number of rotatable bonds is 6. The Labute approximate surface area is 109 Å². The monoisotopic (exact) mass is 250 g/mol. The summed E-state index contributed by atoms with van der Waals surface area (Å²) in [6.07, 6.45) is 0.734. The standard InChI is InChI=1S/C14H22N2O2/c1-4-14(2,10-15)13(17)16-9-11-5-7-12(18-3)8-6-11/h5-8H,4,9-10,15H2,1-3H3,(H,16,17). The summed E-state index contributed by atoms with van der Waals surface area (Å²) in [5.74, 6) is 0.814. The molecule has 0 spiro atoms. The predicted molar refractivity (Wildman–Crippen MR) is 72.3 cm³/mol. The molecule has 100 valence electrons. The third-order valence-corrected chi connectivity index (χ3v) is 3.39. The van der Waals surface area contributed by atoms with Crippen LogP contribution in [0.3, 0.4) is 0 Å². The van der Waals surface area contributed by atoms with E-state index in [0.29, 0.717) is 13.1 Å². The zero-order chi connectivity index (χ0) is 13.6. The highest BCUT2D eigenvalue weighted by Gasteiger charge is 2.29. The van der Waals surface area contributed by atoms with Crippen molar-refractivity contribution in [2.75, 3.05) is 13.7 Å². The minimum atomic E-state index is -0.480. The van der Waals surface area contributed by atoms with E-state index < -0.39 is 5.41 Å². The second kappa shape index (κ2) is 6.40. The molecule has 0 aliphatic carbocycles. The topological polar surface area (TPSA) is 64.4 Å². The summed E-state index contributed by atoms with van der Waals surface area (Å²) in [4.78, 5) is 12.0. The first-order valence-corrected chi connectivity index (χ1v) is 6.17. The third-order valence-electron chi connectivity index (χ3n) is 3.39. The minimum Gasteiger partial charge on any atom is -0.497 e. The van der Waals surface area contributed by atoms with E-state index in [0.717, 1.165) is 17.7 Å². The predicted octanol–water partition coefficient (Wildman–Crippen LogP) is 1.69. The fourth-order valence-corrected chi connectivity index (χ4v) is 1.54. The quantitative estimate of drug-likeness (QED) is 0.807. The second-order valence-electron chi connectivity index (χ2n) is 4.65. The van der Waals surface area contributed by atoms with Crippen LogP contribution >= 0.6 is 0 Å². The number of carbonyl (C=O) groups excluding carboxylic acids is 1. The summed E-state index contributed by atoms with van der Waals surface area (Å²) in [6.45, 7) is 4.73. The van der Waals surface area contributed by atoms with Crippen molar-refractivity contribution in [3.63, 3.8) is 0 Å². The van der Waals surface area contributed by atoms with E-state index in [1.165, 1.54) is 0 Å². The van der Waals surface area contributed by atoms with E-state index in [1.807, 2.05) is 38.1 Å². The number of amides is 1. The Bertz CT molecular complexity index is 383. The highest BCUT2D eigenvalue weighted by Crippen LogP contribution is 2.19. The number of nitrogens with one attached hydrogen (secondary N) is 1. The molecule has 4 nitrogen and oxygen atoms in total. The molecule has 1 aromatic rings. The number of benzene rings is 1. The first-order chi connectivity index (χ1) is 8.55. The van der Waals surface area contributed by atoms with Gasteiger partial charge in [-0.25, -0.2) is 0 Å². The van der Waals surface area contributed by atoms with Crippen molar-refractivity contribution in [1.29, 1.82) is 0 Å². The van der Waals surface area contributed by atoms with Gasteiger partial charge >= 0.3 is 0 Å². The fraction of sp³-hybridized carbons (Fsp3) is 0.500. The Balaban J connectivity index is 2.56. The average Bonchev–Trinajstić information content (AvgIpc) is 2.44. The summed E-state index contributed by atoms with van der Waals surface area (Å²) < 4.78 is 5.08. The van der Waals surface area contributed by atoms with E-state index in [2.05, 4.69) is 5.32 Å². The normalized spacial score (nSPS) is 13.8. The molecule has 1 amide bonds. The van der Waals surface area contributed by atoms with Crippen LogP contribution in [-0.4, -0.2) is 19.6 Å². The van der Waals surface area contributed by atoms with E-state index in [-0.39, 0.29) is 5.91 Å². The van der Waals surface area contributed by atoms with Crippen molar-refractivity contribution in [3.05, 3.63) is 29.8 Å². The third kappa shape index (κ3) is 3.47. The Morgan fingerprint density at radius 1 is 1.39 bits per heavy atom. The van der Waals surface area contributed by atoms with Crippen LogP contribution in [0.4, 0.5) is 0 Å². The van der Waals surface area contributed by atoms with Gasteiger partial charge in [-0.15, -0.1) is 0 Å². The molecule has 0 saturated carbocycles. The Morgan fingerprint density at radius 3 is 2.44 bits per heavy atom. The molecule has 0 radical (unpaired) electrons. The second-order valence-corrected chi connectivity index (χ2v) is 4.65. The molecule has 1 aromatic carbocycles. The zero-order valence-corrected chi connectivity index (χ0v) is 11.3. The average molecular weight is 250 g/mol. The number of hydrogen-bond acceptors (Lipinski definition) is 3. The first-order valence-electron chi connectivity index (χ1n) is 6.17. The van der Waals surface area contributed by atoms with Crippen LogP contribution in [0.2, 0.25) is 0 Å². The Hall–Kier alpha value is -1.55.